The highest BCUT2D eigenvalue weighted by Crippen LogP contribution is 2.58. The Morgan fingerprint density at radius 3 is 2.49 bits per heavy atom. The third kappa shape index (κ3) is 3.30. The summed E-state index contributed by atoms with van der Waals surface area (Å²) >= 11 is 6.46. The van der Waals surface area contributed by atoms with Gasteiger partial charge in [-0.1, -0.05) is 55.0 Å². The number of amides is 3. The molecule has 0 aliphatic carbocycles. The van der Waals surface area contributed by atoms with Crippen molar-refractivity contribution in [1.29, 1.82) is 0 Å². The van der Waals surface area contributed by atoms with E-state index < -0.39 is 35.1 Å². The fraction of sp³-hybridized carbons (Fsp3) is 0.500. The number of ether oxygens (including phenoxy) is 1. The number of likely N-dealkylation sites (N-methyl/N-ethyl adjacent to an activating group) is 1. The van der Waals surface area contributed by atoms with Crippen molar-refractivity contribution < 1.29 is 24.2 Å². The van der Waals surface area contributed by atoms with Gasteiger partial charge in [-0.15, -0.1) is 0 Å². The summed E-state index contributed by atoms with van der Waals surface area (Å²) in [5.41, 5.74) is -1.88. The molecular weight excluding hydrogens is 470 g/mol. The highest BCUT2D eigenvalue weighted by molar-refractivity contribution is 6.34. The fourth-order valence-corrected chi connectivity index (χ4v) is 6.51. The number of carbonyl (C=O) groups is 3. The Labute approximate surface area is 209 Å². The highest BCUT2D eigenvalue weighted by atomic mass is 35.5. The lowest BCUT2D eigenvalue weighted by atomic mass is 9.74. The summed E-state index contributed by atoms with van der Waals surface area (Å²) in [6.45, 7) is 4.01. The molecule has 1 N–H and O–H groups in total. The molecule has 8 nitrogen and oxygen atoms in total. The fourth-order valence-electron chi connectivity index (χ4n) is 6.28. The molecule has 6 atom stereocenters. The predicted octanol–water partition coefficient (Wildman–Crippen LogP) is 2.01. The number of likely N-dealkylation sites (tertiary alicyclic amines) is 1. The summed E-state index contributed by atoms with van der Waals surface area (Å²) in [5.74, 6) is -2.59. The minimum Gasteiger partial charge on any atom is -0.394 e. The van der Waals surface area contributed by atoms with Crippen molar-refractivity contribution >= 4 is 35.0 Å². The zero-order valence-electron chi connectivity index (χ0n) is 20.1. The summed E-state index contributed by atoms with van der Waals surface area (Å²) in [5, 5.41) is 10.6. The van der Waals surface area contributed by atoms with Crippen LogP contribution in [0.25, 0.3) is 0 Å². The van der Waals surface area contributed by atoms with Gasteiger partial charge in [0.1, 0.15) is 11.6 Å². The Balaban J connectivity index is 1.70. The SMILES string of the molecule is CC[C@@H](CO)N1C(=O)[C@@H]2[C@H]3C(=O)N(C)CC=C[C@@]3(C)O[C@@]23C=CCN(c2ccccc2Cl)C(=O)C13. The summed E-state index contributed by atoms with van der Waals surface area (Å²) in [4.78, 5) is 46.6. The van der Waals surface area contributed by atoms with Crippen LogP contribution in [0.15, 0.2) is 48.6 Å². The van der Waals surface area contributed by atoms with E-state index in [4.69, 9.17) is 16.3 Å². The van der Waals surface area contributed by atoms with E-state index in [0.29, 0.717) is 23.7 Å². The van der Waals surface area contributed by atoms with Crippen molar-refractivity contribution in [1.82, 2.24) is 9.80 Å². The van der Waals surface area contributed by atoms with Crippen LogP contribution in [0.4, 0.5) is 5.69 Å². The molecule has 186 valence electrons. The third-order valence-corrected chi connectivity index (χ3v) is 8.23. The number of carbonyl (C=O) groups excluding carboxylic acids is 3. The number of hydrogen-bond acceptors (Lipinski definition) is 5. The van der Waals surface area contributed by atoms with Crippen LogP contribution >= 0.6 is 11.6 Å². The van der Waals surface area contributed by atoms with Crippen molar-refractivity contribution in [2.24, 2.45) is 11.8 Å². The van der Waals surface area contributed by atoms with Gasteiger partial charge in [-0.3, -0.25) is 14.4 Å². The van der Waals surface area contributed by atoms with E-state index in [1.165, 1.54) is 4.90 Å². The number of aliphatic hydroxyl groups excluding tert-OH is 1. The van der Waals surface area contributed by atoms with Gasteiger partial charge < -0.3 is 24.5 Å². The second-order valence-corrected chi connectivity index (χ2v) is 10.3. The average molecular weight is 500 g/mol. The van der Waals surface area contributed by atoms with Crippen LogP contribution in [0.3, 0.4) is 0 Å². The molecule has 4 aliphatic heterocycles. The van der Waals surface area contributed by atoms with E-state index in [2.05, 4.69) is 0 Å². The Kier molecular flexibility index (Phi) is 5.81. The number of halogens is 1. The minimum absolute atomic E-state index is 0.196. The molecule has 1 aromatic rings. The molecule has 0 bridgehead atoms. The van der Waals surface area contributed by atoms with E-state index in [9.17, 15) is 19.5 Å². The van der Waals surface area contributed by atoms with Crippen molar-refractivity contribution in [3.05, 3.63) is 53.6 Å². The highest BCUT2D eigenvalue weighted by Gasteiger charge is 2.75. The average Bonchev–Trinajstić information content (AvgIpc) is 3.11. The summed E-state index contributed by atoms with van der Waals surface area (Å²) < 4.78 is 6.73. The van der Waals surface area contributed by atoms with Crippen LogP contribution in [0.5, 0.6) is 0 Å². The van der Waals surface area contributed by atoms with Gasteiger partial charge in [0.2, 0.25) is 11.8 Å². The molecule has 0 radical (unpaired) electrons. The van der Waals surface area contributed by atoms with Crippen molar-refractivity contribution in [2.75, 3.05) is 31.6 Å². The van der Waals surface area contributed by atoms with E-state index in [1.54, 1.807) is 47.2 Å². The summed E-state index contributed by atoms with van der Waals surface area (Å²) in [6, 6.07) is 5.41. The van der Waals surface area contributed by atoms with Gasteiger partial charge in [0, 0.05) is 20.1 Å². The lowest BCUT2D eigenvalue weighted by molar-refractivity contribution is -0.150. The molecule has 1 aromatic carbocycles. The topological polar surface area (TPSA) is 90.4 Å². The zero-order valence-corrected chi connectivity index (χ0v) is 20.8. The molecule has 4 aliphatic rings. The van der Waals surface area contributed by atoms with Crippen LogP contribution in [0.2, 0.25) is 5.02 Å². The molecule has 3 amide bonds. The van der Waals surface area contributed by atoms with Crippen molar-refractivity contribution in [2.45, 2.75) is 43.6 Å². The maximum atomic E-state index is 14.3. The Hall–Kier alpha value is -2.68. The molecule has 1 unspecified atom stereocenters. The summed E-state index contributed by atoms with van der Waals surface area (Å²) in [6.07, 6.45) is 7.77. The van der Waals surface area contributed by atoms with E-state index in [-0.39, 0.29) is 30.9 Å². The summed E-state index contributed by atoms with van der Waals surface area (Å²) in [7, 11) is 1.70. The van der Waals surface area contributed by atoms with Gasteiger partial charge >= 0.3 is 0 Å². The molecule has 2 saturated heterocycles. The maximum Gasteiger partial charge on any atom is 0.253 e. The van der Waals surface area contributed by atoms with E-state index in [1.807, 2.05) is 32.1 Å². The molecular formula is C26H30ClN3O5. The second kappa shape index (κ2) is 8.47. The molecule has 0 saturated carbocycles. The van der Waals surface area contributed by atoms with Gasteiger partial charge in [0.15, 0.2) is 0 Å². The van der Waals surface area contributed by atoms with Gasteiger partial charge in [-0.25, -0.2) is 0 Å². The number of aliphatic hydroxyl groups is 1. The van der Waals surface area contributed by atoms with Crippen LogP contribution in [-0.4, -0.2) is 82.7 Å². The number of fused-ring (bicyclic) bond motifs is 2. The lowest BCUT2D eigenvalue weighted by Crippen LogP contribution is -2.58. The van der Waals surface area contributed by atoms with Crippen LogP contribution < -0.4 is 4.90 Å². The van der Waals surface area contributed by atoms with E-state index >= 15 is 0 Å². The first-order chi connectivity index (χ1) is 16.7. The van der Waals surface area contributed by atoms with Gasteiger partial charge in [-0.2, -0.15) is 0 Å². The Morgan fingerprint density at radius 2 is 1.80 bits per heavy atom. The standard InChI is InChI=1S/C26H30ClN3O5/c1-4-16(15-31)30-21-24(34)29(18-10-6-5-9-17(18)27)14-8-12-26(21)20(23(30)33)19-22(32)28(3)13-7-11-25(19,2)35-26/h5-12,16,19-21,31H,4,13-15H2,1-3H3/t16-,19-,20-,21?,25+,26-/m0/s1. The number of benzene rings is 1. The predicted molar refractivity (Wildman–Crippen MR) is 131 cm³/mol. The normalized spacial score (nSPS) is 35.1. The molecule has 35 heavy (non-hydrogen) atoms. The van der Waals surface area contributed by atoms with Gasteiger partial charge in [0.25, 0.3) is 5.91 Å². The van der Waals surface area contributed by atoms with Crippen LogP contribution in [-0.2, 0) is 19.1 Å². The number of rotatable bonds is 4. The number of nitrogens with zero attached hydrogens (tertiary/aromatic N) is 3. The zero-order chi connectivity index (χ0) is 25.1. The number of anilines is 1. The third-order valence-electron chi connectivity index (χ3n) is 7.91. The monoisotopic (exact) mass is 499 g/mol. The molecule has 1 spiro atoms. The van der Waals surface area contributed by atoms with Crippen molar-refractivity contribution in [3.63, 3.8) is 0 Å². The smallest absolute Gasteiger partial charge is 0.253 e. The van der Waals surface area contributed by atoms with Gasteiger partial charge in [-0.05, 0) is 25.5 Å². The minimum atomic E-state index is -1.36. The lowest BCUT2D eigenvalue weighted by Gasteiger charge is -2.40. The second-order valence-electron chi connectivity index (χ2n) is 9.91. The number of hydrogen-bond donors (Lipinski definition) is 1. The first-order valence-corrected chi connectivity index (χ1v) is 12.4. The molecule has 0 aromatic heterocycles. The maximum absolute atomic E-state index is 14.3. The quantitative estimate of drug-likeness (QED) is 0.640. The van der Waals surface area contributed by atoms with Crippen LogP contribution in [0, 0.1) is 11.8 Å². The van der Waals surface area contributed by atoms with E-state index in [0.717, 1.165) is 0 Å². The Morgan fingerprint density at radius 1 is 1.09 bits per heavy atom. The van der Waals surface area contributed by atoms with Crippen LogP contribution in [0.1, 0.15) is 20.3 Å². The molecule has 2 fully saturated rings. The molecule has 9 heteroatoms. The molecule has 4 heterocycles. The van der Waals surface area contributed by atoms with Gasteiger partial charge in [0.05, 0.1) is 40.8 Å². The first kappa shape index (κ1) is 24.0. The number of para-hydroxylation sites is 1. The Bertz CT molecular complexity index is 1130. The largest absolute Gasteiger partial charge is 0.394 e. The first-order valence-electron chi connectivity index (χ1n) is 12.0. The van der Waals surface area contributed by atoms with Crippen molar-refractivity contribution in [3.8, 4) is 0 Å². The molecule has 5 rings (SSSR count).